The third-order valence-electron chi connectivity index (χ3n) is 5.84. The summed E-state index contributed by atoms with van der Waals surface area (Å²) >= 11 is 0. The fourth-order valence-corrected chi connectivity index (χ4v) is 3.53. The number of pyridine rings is 1. The van der Waals surface area contributed by atoms with E-state index >= 15 is 0 Å². The number of carbonyl (C=O) groups excluding carboxylic acids is 2. The van der Waals surface area contributed by atoms with E-state index in [0.717, 1.165) is 28.7 Å². The number of nitrogens with one attached hydrogen (secondary N) is 2. The van der Waals surface area contributed by atoms with Crippen LogP contribution in [0, 0.1) is 18.8 Å². The van der Waals surface area contributed by atoms with Crippen LogP contribution in [0.2, 0.25) is 0 Å². The molecule has 0 aliphatic heterocycles. The van der Waals surface area contributed by atoms with Gasteiger partial charge in [-0.1, -0.05) is 51.1 Å². The van der Waals surface area contributed by atoms with Gasteiger partial charge in [0, 0.05) is 24.1 Å². The fraction of sp³-hybridized carbons (Fsp3) is 0.400. The Labute approximate surface area is 193 Å². The Bertz CT molecular complexity index is 1190. The minimum Gasteiger partial charge on any atom is -0.345 e. The number of aromatic nitrogens is 3. The molecule has 2 unspecified atom stereocenters. The van der Waals surface area contributed by atoms with Crippen LogP contribution in [0.25, 0.3) is 11.1 Å². The zero-order valence-corrected chi connectivity index (χ0v) is 19.6. The number of nitrogens with zero attached hydrogens (tertiary/aromatic N) is 3. The molecule has 33 heavy (non-hydrogen) atoms. The van der Waals surface area contributed by atoms with Crippen molar-refractivity contribution in [3.63, 3.8) is 0 Å². The fourth-order valence-electron chi connectivity index (χ4n) is 3.53. The molecule has 2 N–H and O–H groups in total. The van der Waals surface area contributed by atoms with Gasteiger partial charge in [0.15, 0.2) is 0 Å². The van der Waals surface area contributed by atoms with Crippen molar-refractivity contribution in [1.29, 1.82) is 0 Å². The second kappa shape index (κ2) is 8.77. The van der Waals surface area contributed by atoms with Crippen LogP contribution in [0.5, 0.6) is 0 Å². The van der Waals surface area contributed by atoms with E-state index in [1.54, 1.807) is 6.20 Å². The number of hydrogen-bond acceptors (Lipinski definition) is 6. The summed E-state index contributed by atoms with van der Waals surface area (Å²) in [4.78, 5) is 33.1. The summed E-state index contributed by atoms with van der Waals surface area (Å²) in [6.45, 7) is 10.3. The molecule has 2 heterocycles. The molecule has 0 radical (unpaired) electrons. The molecule has 1 saturated carbocycles. The second-order valence-electron chi connectivity index (χ2n) is 9.74. The average Bonchev–Trinajstić information content (AvgIpc) is 3.28. The molecule has 0 saturated heterocycles. The maximum absolute atomic E-state index is 12.4. The predicted octanol–water partition coefficient (Wildman–Crippen LogP) is 4.26. The van der Waals surface area contributed by atoms with Crippen molar-refractivity contribution >= 4 is 17.6 Å². The molecule has 8 nitrogen and oxygen atoms in total. The zero-order valence-electron chi connectivity index (χ0n) is 19.6. The molecule has 1 fully saturated rings. The van der Waals surface area contributed by atoms with Crippen molar-refractivity contribution in [2.75, 3.05) is 5.32 Å². The molecule has 0 spiro atoms. The lowest BCUT2D eigenvalue weighted by atomic mass is 9.97. The van der Waals surface area contributed by atoms with Gasteiger partial charge in [-0.2, -0.15) is 4.98 Å². The molecule has 8 heteroatoms. The monoisotopic (exact) mass is 447 g/mol. The standard InChI is InChI=1S/C25H29N5O3/c1-14-10-16(17-8-9-26-20(12-17)28-22(31)19-11-15(19)2)6-7-18(14)13-27-23(32)21-29-24(33-30-21)25(3,4)5/h6-10,12,15,19H,11,13H2,1-5H3,(H,27,32)(H,26,28,31). The molecular weight excluding hydrogens is 418 g/mol. The van der Waals surface area contributed by atoms with E-state index in [4.69, 9.17) is 4.52 Å². The highest BCUT2D eigenvalue weighted by Crippen LogP contribution is 2.38. The summed E-state index contributed by atoms with van der Waals surface area (Å²) in [7, 11) is 0. The topological polar surface area (TPSA) is 110 Å². The summed E-state index contributed by atoms with van der Waals surface area (Å²) in [5.41, 5.74) is 3.67. The minimum absolute atomic E-state index is 0.0288. The van der Waals surface area contributed by atoms with E-state index in [2.05, 4.69) is 38.7 Å². The van der Waals surface area contributed by atoms with Gasteiger partial charge < -0.3 is 15.2 Å². The lowest BCUT2D eigenvalue weighted by Crippen LogP contribution is -2.24. The largest absolute Gasteiger partial charge is 0.345 e. The van der Waals surface area contributed by atoms with Gasteiger partial charge in [-0.25, -0.2) is 4.98 Å². The number of benzene rings is 1. The van der Waals surface area contributed by atoms with Crippen molar-refractivity contribution in [3.8, 4) is 11.1 Å². The molecule has 1 aromatic carbocycles. The van der Waals surface area contributed by atoms with Crippen LogP contribution in [-0.4, -0.2) is 26.9 Å². The van der Waals surface area contributed by atoms with Crippen molar-refractivity contribution in [1.82, 2.24) is 20.4 Å². The van der Waals surface area contributed by atoms with E-state index in [1.165, 1.54) is 0 Å². The Morgan fingerprint density at radius 1 is 1.15 bits per heavy atom. The molecule has 172 valence electrons. The van der Waals surface area contributed by atoms with Gasteiger partial charge in [-0.3, -0.25) is 9.59 Å². The highest BCUT2D eigenvalue weighted by Gasteiger charge is 2.39. The molecule has 2 aromatic heterocycles. The number of hydrogen-bond donors (Lipinski definition) is 2. The number of anilines is 1. The zero-order chi connectivity index (χ0) is 23.8. The lowest BCUT2D eigenvalue weighted by molar-refractivity contribution is -0.117. The first kappa shape index (κ1) is 22.6. The molecule has 1 aliphatic carbocycles. The number of rotatable bonds is 6. The van der Waals surface area contributed by atoms with E-state index < -0.39 is 0 Å². The van der Waals surface area contributed by atoms with Crippen LogP contribution in [0.3, 0.4) is 0 Å². The highest BCUT2D eigenvalue weighted by molar-refractivity contribution is 5.94. The van der Waals surface area contributed by atoms with Gasteiger partial charge >= 0.3 is 0 Å². The smallest absolute Gasteiger partial charge is 0.292 e. The van der Waals surface area contributed by atoms with Gasteiger partial charge in [0.05, 0.1) is 0 Å². The first-order chi connectivity index (χ1) is 15.6. The van der Waals surface area contributed by atoms with Crippen molar-refractivity contribution in [2.24, 2.45) is 11.8 Å². The Balaban J connectivity index is 1.41. The van der Waals surface area contributed by atoms with Crippen LogP contribution < -0.4 is 10.6 Å². The van der Waals surface area contributed by atoms with E-state index in [-0.39, 0.29) is 29.0 Å². The number of amides is 2. The normalized spacial score (nSPS) is 17.5. The van der Waals surface area contributed by atoms with Crippen molar-refractivity contribution in [2.45, 2.75) is 53.0 Å². The van der Waals surface area contributed by atoms with Crippen LogP contribution in [0.1, 0.15) is 61.8 Å². The summed E-state index contributed by atoms with van der Waals surface area (Å²) in [6.07, 6.45) is 2.63. The second-order valence-corrected chi connectivity index (χ2v) is 9.74. The summed E-state index contributed by atoms with van der Waals surface area (Å²) in [6, 6.07) is 9.81. The highest BCUT2D eigenvalue weighted by atomic mass is 16.5. The average molecular weight is 448 g/mol. The van der Waals surface area contributed by atoms with E-state index in [0.29, 0.717) is 24.2 Å². The Hall–Kier alpha value is -3.55. The lowest BCUT2D eigenvalue weighted by Gasteiger charge is -2.11. The first-order valence-electron chi connectivity index (χ1n) is 11.1. The first-order valence-corrected chi connectivity index (χ1v) is 11.1. The van der Waals surface area contributed by atoms with Gasteiger partial charge in [0.1, 0.15) is 5.82 Å². The van der Waals surface area contributed by atoms with E-state index in [9.17, 15) is 9.59 Å². The molecule has 4 rings (SSSR count). The van der Waals surface area contributed by atoms with Gasteiger partial charge in [-0.15, -0.1) is 0 Å². The Morgan fingerprint density at radius 3 is 2.52 bits per heavy atom. The molecule has 2 atom stereocenters. The summed E-state index contributed by atoms with van der Waals surface area (Å²) in [5, 5.41) is 9.55. The van der Waals surface area contributed by atoms with Gasteiger partial charge in [0.2, 0.25) is 11.8 Å². The Morgan fingerprint density at radius 2 is 1.88 bits per heavy atom. The maximum Gasteiger partial charge on any atom is 0.292 e. The predicted molar refractivity (Wildman–Crippen MR) is 124 cm³/mol. The number of aryl methyl sites for hydroxylation is 1. The van der Waals surface area contributed by atoms with E-state index in [1.807, 2.05) is 52.0 Å². The van der Waals surface area contributed by atoms with Crippen LogP contribution in [-0.2, 0) is 16.8 Å². The quantitative estimate of drug-likeness (QED) is 0.584. The summed E-state index contributed by atoms with van der Waals surface area (Å²) in [5.74, 6) is 1.21. The SMILES string of the molecule is Cc1cc(-c2ccnc(NC(=O)C3CC3C)c2)ccc1CNC(=O)c1noc(C(C)(C)C)n1. The Kier molecular flexibility index (Phi) is 6.01. The summed E-state index contributed by atoms with van der Waals surface area (Å²) < 4.78 is 5.19. The molecule has 2 amide bonds. The molecule has 0 bridgehead atoms. The maximum atomic E-state index is 12.4. The molecular formula is C25H29N5O3. The molecule has 1 aliphatic rings. The van der Waals surface area contributed by atoms with Gasteiger partial charge in [-0.05, 0) is 53.6 Å². The minimum atomic E-state index is -0.378. The van der Waals surface area contributed by atoms with Gasteiger partial charge in [0.25, 0.3) is 11.7 Å². The van der Waals surface area contributed by atoms with Crippen LogP contribution in [0.15, 0.2) is 41.1 Å². The third-order valence-corrected chi connectivity index (χ3v) is 5.84. The number of carbonyl (C=O) groups is 2. The van der Waals surface area contributed by atoms with Crippen molar-refractivity contribution in [3.05, 3.63) is 59.4 Å². The van der Waals surface area contributed by atoms with Crippen molar-refractivity contribution < 1.29 is 14.1 Å². The van der Waals surface area contributed by atoms with Crippen LogP contribution >= 0.6 is 0 Å². The third kappa shape index (κ3) is 5.27. The van der Waals surface area contributed by atoms with Crippen LogP contribution in [0.4, 0.5) is 5.82 Å². The molecule has 3 aromatic rings.